The lowest BCUT2D eigenvalue weighted by Gasteiger charge is -2.16. The van der Waals surface area contributed by atoms with Gasteiger partial charge in [-0.3, -0.25) is 9.48 Å². The highest BCUT2D eigenvalue weighted by Crippen LogP contribution is 2.22. The molecule has 2 atom stereocenters. The molecule has 0 aromatic carbocycles. The molecule has 1 rings (SSSR count). The van der Waals surface area contributed by atoms with Crippen LogP contribution in [0.25, 0.3) is 0 Å². The molecule has 0 fully saturated rings. The number of aryl methyl sites for hydroxylation is 1. The number of Topliss-reactive ketones (excluding diaryl/α,β-unsaturated/α-hetero) is 1. The number of aromatic nitrogens is 2. The maximum atomic E-state index is 13.0. The Balaban J connectivity index is 2.49. The Kier molecular flexibility index (Phi) is 20.4. The van der Waals surface area contributed by atoms with Gasteiger partial charge in [0.1, 0.15) is 5.78 Å². The lowest BCUT2D eigenvalue weighted by Crippen LogP contribution is -2.15. The van der Waals surface area contributed by atoms with Crippen molar-refractivity contribution in [2.45, 2.75) is 163 Å². The Morgan fingerprint density at radius 1 is 0.750 bits per heavy atom. The highest BCUT2D eigenvalue weighted by atomic mass is 16.1. The molecule has 1 aromatic rings. The van der Waals surface area contributed by atoms with Gasteiger partial charge in [0, 0.05) is 31.0 Å². The number of hydrogen-bond acceptors (Lipinski definition) is 2. The van der Waals surface area contributed by atoms with E-state index in [9.17, 15) is 4.79 Å². The molecule has 0 amide bonds. The zero-order valence-corrected chi connectivity index (χ0v) is 24.5. The minimum Gasteiger partial charge on any atom is -0.299 e. The first-order valence-electron chi connectivity index (χ1n) is 15.7. The number of rotatable bonds is 23. The maximum Gasteiger partial charge on any atom is 0.136 e. The fourth-order valence-electron chi connectivity index (χ4n) is 5.09. The number of carbonyl (C=O) groups is 1. The van der Waals surface area contributed by atoms with Crippen molar-refractivity contribution in [3.8, 4) is 11.8 Å². The number of unbranched alkanes of at least 4 members (excludes halogenated alkanes) is 10. The first-order valence-corrected chi connectivity index (χ1v) is 15.7. The van der Waals surface area contributed by atoms with E-state index in [2.05, 4.69) is 50.8 Å². The smallest absolute Gasteiger partial charge is 0.136 e. The third-order valence-electron chi connectivity index (χ3n) is 7.43. The number of carbonyl (C=O) groups excluding carboxylic acids is 1. The van der Waals surface area contributed by atoms with E-state index in [1.165, 1.54) is 103 Å². The summed E-state index contributed by atoms with van der Waals surface area (Å²) >= 11 is 0. The van der Waals surface area contributed by atoms with Crippen molar-refractivity contribution >= 4 is 5.78 Å². The predicted molar refractivity (Wildman–Crippen MR) is 156 cm³/mol. The van der Waals surface area contributed by atoms with Crippen LogP contribution in [0.5, 0.6) is 0 Å². The van der Waals surface area contributed by atoms with Crippen LogP contribution in [0.15, 0.2) is 12.4 Å². The standard InChI is InChI=1S/C33H58N2O/c1-5-9-12-15-18-23-32(22-17-14-11-7-3)33(36)24-19-27-35-29-31(28-34-35)26-25-30(20-8-4)21-16-13-10-6-2/h28-30,32H,5-24,27H2,1-4H3. The van der Waals surface area contributed by atoms with Gasteiger partial charge in [0.05, 0.1) is 11.8 Å². The molecule has 0 aliphatic rings. The third-order valence-corrected chi connectivity index (χ3v) is 7.43. The van der Waals surface area contributed by atoms with Crippen molar-refractivity contribution in [2.75, 3.05) is 0 Å². The number of nitrogens with zero attached hydrogens (tertiary/aromatic N) is 2. The lowest BCUT2D eigenvalue weighted by molar-refractivity contribution is -0.123. The molecule has 0 aliphatic carbocycles. The molecule has 206 valence electrons. The summed E-state index contributed by atoms with van der Waals surface area (Å²) in [7, 11) is 0. The fraction of sp³-hybridized carbons (Fsp3) is 0.818. The molecule has 0 saturated carbocycles. The lowest BCUT2D eigenvalue weighted by atomic mass is 9.89. The summed E-state index contributed by atoms with van der Waals surface area (Å²) in [5.74, 6) is 8.16. The van der Waals surface area contributed by atoms with Crippen molar-refractivity contribution in [3.05, 3.63) is 18.0 Å². The van der Waals surface area contributed by atoms with Gasteiger partial charge < -0.3 is 0 Å². The topological polar surface area (TPSA) is 34.9 Å². The van der Waals surface area contributed by atoms with Crippen LogP contribution in [0.1, 0.15) is 162 Å². The zero-order valence-electron chi connectivity index (χ0n) is 24.5. The Morgan fingerprint density at radius 2 is 1.33 bits per heavy atom. The van der Waals surface area contributed by atoms with Gasteiger partial charge in [-0.15, -0.1) is 0 Å². The van der Waals surface area contributed by atoms with Gasteiger partial charge in [0.2, 0.25) is 0 Å². The molecule has 1 aromatic heterocycles. The second-order valence-electron chi connectivity index (χ2n) is 10.9. The van der Waals surface area contributed by atoms with E-state index in [-0.39, 0.29) is 5.92 Å². The van der Waals surface area contributed by atoms with Crippen LogP contribution in [-0.4, -0.2) is 15.6 Å². The van der Waals surface area contributed by atoms with Crippen molar-refractivity contribution < 1.29 is 4.79 Å². The summed E-state index contributed by atoms with van der Waals surface area (Å²) in [5.41, 5.74) is 1.01. The average molecular weight is 499 g/mol. The summed E-state index contributed by atoms with van der Waals surface area (Å²) in [6.45, 7) is 9.83. The van der Waals surface area contributed by atoms with Crippen LogP contribution in [0.2, 0.25) is 0 Å². The van der Waals surface area contributed by atoms with Gasteiger partial charge >= 0.3 is 0 Å². The molecule has 0 saturated heterocycles. The molecule has 0 bridgehead atoms. The maximum absolute atomic E-state index is 13.0. The molecular weight excluding hydrogens is 440 g/mol. The molecular formula is C33H58N2O. The zero-order chi connectivity index (χ0) is 26.3. The third kappa shape index (κ3) is 16.2. The van der Waals surface area contributed by atoms with Gasteiger partial charge in [-0.1, -0.05) is 129 Å². The van der Waals surface area contributed by atoms with E-state index in [0.717, 1.165) is 31.4 Å². The molecule has 1 heterocycles. The molecule has 0 aliphatic heterocycles. The van der Waals surface area contributed by atoms with E-state index in [1.807, 2.05) is 10.9 Å². The summed E-state index contributed by atoms with van der Waals surface area (Å²) in [5, 5.41) is 4.52. The molecule has 3 heteroatoms. The van der Waals surface area contributed by atoms with E-state index in [1.54, 1.807) is 0 Å². The van der Waals surface area contributed by atoms with Crippen molar-refractivity contribution in [1.82, 2.24) is 9.78 Å². The van der Waals surface area contributed by atoms with Crippen LogP contribution in [-0.2, 0) is 11.3 Å². The van der Waals surface area contributed by atoms with Gasteiger partial charge in [-0.25, -0.2) is 0 Å². The normalized spacial score (nSPS) is 12.8. The van der Waals surface area contributed by atoms with Crippen molar-refractivity contribution in [3.63, 3.8) is 0 Å². The SMILES string of the molecule is CCCCCCCC(CCCCCC)C(=O)CCCn1cc(C#CC(CCC)CCCCCC)cn1. The summed E-state index contributed by atoms with van der Waals surface area (Å²) in [6.07, 6.45) is 28.0. The second kappa shape index (κ2) is 22.6. The fourth-order valence-corrected chi connectivity index (χ4v) is 5.09. The number of hydrogen-bond donors (Lipinski definition) is 0. The van der Waals surface area contributed by atoms with Gasteiger partial charge in [-0.05, 0) is 32.1 Å². The minimum absolute atomic E-state index is 0.273. The molecule has 2 unspecified atom stereocenters. The molecule has 0 radical (unpaired) electrons. The summed E-state index contributed by atoms with van der Waals surface area (Å²) in [4.78, 5) is 13.0. The Labute approximate surface area is 224 Å². The Hall–Kier alpha value is -1.56. The highest BCUT2D eigenvalue weighted by molar-refractivity contribution is 5.80. The minimum atomic E-state index is 0.273. The summed E-state index contributed by atoms with van der Waals surface area (Å²) < 4.78 is 1.98. The average Bonchev–Trinajstić information content (AvgIpc) is 3.33. The quantitative estimate of drug-likeness (QED) is 0.111. The number of ketones is 1. The molecule has 36 heavy (non-hydrogen) atoms. The van der Waals surface area contributed by atoms with E-state index in [0.29, 0.717) is 18.1 Å². The molecule has 0 spiro atoms. The monoisotopic (exact) mass is 498 g/mol. The van der Waals surface area contributed by atoms with Crippen molar-refractivity contribution in [1.29, 1.82) is 0 Å². The molecule has 0 N–H and O–H groups in total. The van der Waals surface area contributed by atoms with E-state index < -0.39 is 0 Å². The van der Waals surface area contributed by atoms with Crippen LogP contribution >= 0.6 is 0 Å². The van der Waals surface area contributed by atoms with Crippen LogP contribution in [0.4, 0.5) is 0 Å². The highest BCUT2D eigenvalue weighted by Gasteiger charge is 2.17. The first kappa shape index (κ1) is 32.5. The largest absolute Gasteiger partial charge is 0.299 e. The predicted octanol–water partition coefficient (Wildman–Crippen LogP) is 9.92. The van der Waals surface area contributed by atoms with E-state index in [4.69, 9.17) is 0 Å². The molecule has 3 nitrogen and oxygen atoms in total. The van der Waals surface area contributed by atoms with Gasteiger partial charge in [-0.2, -0.15) is 5.10 Å². The first-order chi connectivity index (χ1) is 17.6. The van der Waals surface area contributed by atoms with Crippen LogP contribution < -0.4 is 0 Å². The van der Waals surface area contributed by atoms with Crippen molar-refractivity contribution in [2.24, 2.45) is 11.8 Å². The van der Waals surface area contributed by atoms with Gasteiger partial charge in [0.25, 0.3) is 0 Å². The second-order valence-corrected chi connectivity index (χ2v) is 10.9. The van der Waals surface area contributed by atoms with E-state index >= 15 is 0 Å². The van der Waals surface area contributed by atoms with Crippen LogP contribution in [0.3, 0.4) is 0 Å². The van der Waals surface area contributed by atoms with Gasteiger partial charge in [0.15, 0.2) is 0 Å². The Bertz CT molecular complexity index is 711. The Morgan fingerprint density at radius 3 is 1.94 bits per heavy atom. The van der Waals surface area contributed by atoms with Crippen LogP contribution in [0, 0.1) is 23.7 Å². The summed E-state index contributed by atoms with van der Waals surface area (Å²) in [6, 6.07) is 0.